The van der Waals surface area contributed by atoms with Crippen LogP contribution in [0.5, 0.6) is 0 Å². The summed E-state index contributed by atoms with van der Waals surface area (Å²) in [5, 5.41) is 6.36. The maximum atomic E-state index is 4.22. The van der Waals surface area contributed by atoms with Gasteiger partial charge in [0.05, 0.1) is 0 Å². The maximum absolute atomic E-state index is 4.22. The molecule has 1 aromatic carbocycles. The Morgan fingerprint density at radius 3 is 3.00 bits per heavy atom. The van der Waals surface area contributed by atoms with Crippen molar-refractivity contribution in [1.82, 2.24) is 10.3 Å². The van der Waals surface area contributed by atoms with Gasteiger partial charge in [0.15, 0.2) is 0 Å². The highest BCUT2D eigenvalue weighted by Crippen LogP contribution is 2.34. The quantitative estimate of drug-likeness (QED) is 0.822. The minimum atomic E-state index is 0.715. The lowest BCUT2D eigenvalue weighted by atomic mass is 9.98. The van der Waals surface area contributed by atoms with Gasteiger partial charge in [-0.15, -0.1) is 0 Å². The lowest BCUT2D eigenvalue weighted by Crippen LogP contribution is -2.32. The van der Waals surface area contributed by atoms with Crippen molar-refractivity contribution < 1.29 is 0 Å². The van der Waals surface area contributed by atoms with E-state index in [1.807, 2.05) is 12.4 Å². The van der Waals surface area contributed by atoms with Crippen molar-refractivity contribution in [1.29, 1.82) is 0 Å². The van der Waals surface area contributed by atoms with Gasteiger partial charge in [-0.3, -0.25) is 4.98 Å². The molecule has 20 heavy (non-hydrogen) atoms. The van der Waals surface area contributed by atoms with Crippen molar-refractivity contribution in [2.45, 2.75) is 45.1 Å². The molecule has 106 valence electrons. The third-order valence-corrected chi connectivity index (χ3v) is 4.34. The first-order valence-corrected chi connectivity index (χ1v) is 7.93. The number of nitrogens with zero attached hydrogens (tertiary/aromatic N) is 1. The highest BCUT2D eigenvalue weighted by molar-refractivity contribution is 5.84. The Bertz CT molecular complexity index is 555. The van der Waals surface area contributed by atoms with Crippen LogP contribution in [0.2, 0.25) is 0 Å². The van der Waals surface area contributed by atoms with Gasteiger partial charge in [-0.25, -0.2) is 0 Å². The Hall–Kier alpha value is -1.41. The molecule has 3 rings (SSSR count). The summed E-state index contributed by atoms with van der Waals surface area (Å²) in [7, 11) is 0. The Morgan fingerprint density at radius 2 is 2.20 bits per heavy atom. The molecule has 1 fully saturated rings. The second-order valence-electron chi connectivity index (χ2n) is 5.95. The molecule has 0 bridgehead atoms. The van der Waals surface area contributed by atoms with Gasteiger partial charge in [0.2, 0.25) is 0 Å². The number of aromatic nitrogens is 1. The second kappa shape index (κ2) is 6.36. The molecule has 1 aliphatic rings. The van der Waals surface area contributed by atoms with Crippen LogP contribution in [0.25, 0.3) is 10.8 Å². The number of benzene rings is 1. The van der Waals surface area contributed by atoms with Gasteiger partial charge in [-0.2, -0.15) is 0 Å². The zero-order valence-corrected chi connectivity index (χ0v) is 12.3. The van der Waals surface area contributed by atoms with Gasteiger partial charge in [-0.1, -0.05) is 25.1 Å². The Balaban J connectivity index is 1.69. The van der Waals surface area contributed by atoms with E-state index in [2.05, 4.69) is 41.5 Å². The summed E-state index contributed by atoms with van der Waals surface area (Å²) in [4.78, 5) is 4.22. The zero-order valence-electron chi connectivity index (χ0n) is 12.3. The third-order valence-electron chi connectivity index (χ3n) is 4.34. The first kappa shape index (κ1) is 13.6. The molecule has 1 heterocycles. The van der Waals surface area contributed by atoms with E-state index >= 15 is 0 Å². The summed E-state index contributed by atoms with van der Waals surface area (Å²) in [5.74, 6) is 0.929. The fraction of sp³-hybridized carbons (Fsp3) is 0.500. The molecule has 1 saturated carbocycles. The molecular formula is C18H24N2. The highest BCUT2D eigenvalue weighted by atomic mass is 14.9. The standard InChI is InChI=1S/C18H24N2/c1-2-11-20-18(15-6-7-15)9-8-14-4-3-5-16-13-19-12-10-17(14)16/h3-5,10,12-13,15,18,20H,2,6-9,11H2,1H3. The van der Waals surface area contributed by atoms with Crippen LogP contribution in [0.1, 0.15) is 38.2 Å². The molecular weight excluding hydrogens is 244 g/mol. The van der Waals surface area contributed by atoms with E-state index in [1.165, 1.54) is 48.4 Å². The van der Waals surface area contributed by atoms with E-state index in [4.69, 9.17) is 0 Å². The Labute approximate surface area is 121 Å². The summed E-state index contributed by atoms with van der Waals surface area (Å²) >= 11 is 0. The van der Waals surface area contributed by atoms with Crippen LogP contribution >= 0.6 is 0 Å². The van der Waals surface area contributed by atoms with E-state index in [9.17, 15) is 0 Å². The van der Waals surface area contributed by atoms with E-state index in [-0.39, 0.29) is 0 Å². The van der Waals surface area contributed by atoms with Crippen LogP contribution in [-0.4, -0.2) is 17.6 Å². The normalized spacial score (nSPS) is 16.4. The molecule has 1 unspecified atom stereocenters. The average Bonchev–Trinajstić information content (AvgIpc) is 3.32. The van der Waals surface area contributed by atoms with Gasteiger partial charge in [0.1, 0.15) is 0 Å². The number of pyridine rings is 1. The number of hydrogen-bond donors (Lipinski definition) is 1. The van der Waals surface area contributed by atoms with Crippen molar-refractivity contribution in [3.05, 3.63) is 42.2 Å². The third kappa shape index (κ3) is 3.18. The van der Waals surface area contributed by atoms with Crippen molar-refractivity contribution in [3.63, 3.8) is 0 Å². The van der Waals surface area contributed by atoms with Crippen molar-refractivity contribution in [3.8, 4) is 0 Å². The van der Waals surface area contributed by atoms with E-state index in [0.717, 1.165) is 12.5 Å². The summed E-state index contributed by atoms with van der Waals surface area (Å²) in [6, 6.07) is 9.44. The fourth-order valence-electron chi connectivity index (χ4n) is 3.05. The topological polar surface area (TPSA) is 24.9 Å². The van der Waals surface area contributed by atoms with Gasteiger partial charge >= 0.3 is 0 Å². The van der Waals surface area contributed by atoms with Crippen LogP contribution in [0.15, 0.2) is 36.7 Å². The average molecular weight is 268 g/mol. The Morgan fingerprint density at radius 1 is 1.30 bits per heavy atom. The van der Waals surface area contributed by atoms with E-state index in [0.29, 0.717) is 6.04 Å². The number of nitrogens with one attached hydrogen (secondary N) is 1. The molecule has 1 aromatic heterocycles. The number of hydrogen-bond acceptors (Lipinski definition) is 2. The smallest absolute Gasteiger partial charge is 0.0346 e. The van der Waals surface area contributed by atoms with Crippen molar-refractivity contribution in [2.24, 2.45) is 5.92 Å². The summed E-state index contributed by atoms with van der Waals surface area (Å²) in [6.45, 7) is 3.40. The molecule has 1 atom stereocenters. The van der Waals surface area contributed by atoms with Crippen LogP contribution in [0, 0.1) is 5.92 Å². The number of aryl methyl sites for hydroxylation is 1. The fourth-order valence-corrected chi connectivity index (χ4v) is 3.05. The summed E-state index contributed by atoms with van der Waals surface area (Å²) < 4.78 is 0. The van der Waals surface area contributed by atoms with Gasteiger partial charge in [-0.05, 0) is 61.6 Å². The molecule has 2 aromatic rings. The minimum Gasteiger partial charge on any atom is -0.314 e. The van der Waals surface area contributed by atoms with Crippen molar-refractivity contribution >= 4 is 10.8 Å². The van der Waals surface area contributed by atoms with Crippen LogP contribution in [-0.2, 0) is 6.42 Å². The van der Waals surface area contributed by atoms with E-state index in [1.54, 1.807) is 0 Å². The first-order chi connectivity index (χ1) is 9.88. The SMILES string of the molecule is CCCNC(CCc1cccc2cnccc12)C1CC1. The van der Waals surface area contributed by atoms with Crippen LogP contribution in [0.4, 0.5) is 0 Å². The highest BCUT2D eigenvalue weighted by Gasteiger charge is 2.30. The lowest BCUT2D eigenvalue weighted by Gasteiger charge is -2.18. The largest absolute Gasteiger partial charge is 0.314 e. The zero-order chi connectivity index (χ0) is 13.8. The molecule has 0 aliphatic heterocycles. The maximum Gasteiger partial charge on any atom is 0.0346 e. The van der Waals surface area contributed by atoms with Gasteiger partial charge in [0, 0.05) is 23.8 Å². The van der Waals surface area contributed by atoms with Gasteiger partial charge in [0.25, 0.3) is 0 Å². The second-order valence-corrected chi connectivity index (χ2v) is 5.95. The molecule has 1 aliphatic carbocycles. The predicted molar refractivity (Wildman–Crippen MR) is 84.9 cm³/mol. The number of fused-ring (bicyclic) bond motifs is 1. The predicted octanol–water partition coefficient (Wildman–Crippen LogP) is 3.95. The van der Waals surface area contributed by atoms with Gasteiger partial charge < -0.3 is 5.32 Å². The molecule has 0 radical (unpaired) electrons. The van der Waals surface area contributed by atoms with Crippen molar-refractivity contribution in [2.75, 3.05) is 6.54 Å². The Kier molecular flexibility index (Phi) is 4.31. The summed E-state index contributed by atoms with van der Waals surface area (Å²) in [5.41, 5.74) is 1.47. The number of rotatable bonds is 7. The monoisotopic (exact) mass is 268 g/mol. The molecule has 1 N–H and O–H groups in total. The lowest BCUT2D eigenvalue weighted by molar-refractivity contribution is 0.436. The molecule has 0 amide bonds. The molecule has 0 spiro atoms. The van der Waals surface area contributed by atoms with Crippen LogP contribution < -0.4 is 5.32 Å². The molecule has 0 saturated heterocycles. The first-order valence-electron chi connectivity index (χ1n) is 7.93. The van der Waals surface area contributed by atoms with E-state index < -0.39 is 0 Å². The van der Waals surface area contributed by atoms with Crippen LogP contribution in [0.3, 0.4) is 0 Å². The molecule has 2 heteroatoms. The molecule has 2 nitrogen and oxygen atoms in total. The summed E-state index contributed by atoms with van der Waals surface area (Å²) in [6.07, 6.45) is 10.3. The minimum absolute atomic E-state index is 0.715.